The summed E-state index contributed by atoms with van der Waals surface area (Å²) < 4.78 is 17.7. The van der Waals surface area contributed by atoms with E-state index in [2.05, 4.69) is 58.7 Å². The molecule has 0 bridgehead atoms. The molecular weight excluding hydrogens is 765 g/mol. The molecule has 4 fully saturated rings. The van der Waals surface area contributed by atoms with Gasteiger partial charge in [-0.1, -0.05) is 0 Å². The molecule has 18 nitrogen and oxygen atoms in total. The molecule has 60 heavy (non-hydrogen) atoms. The fraction of sp³-hybridized carbons (Fsp3) is 0.738. The second kappa shape index (κ2) is 19.4. The number of rotatable bonds is 10. The molecule has 3 N–H and O–H groups in total. The number of aromatic nitrogens is 4. The van der Waals surface area contributed by atoms with Crippen molar-refractivity contribution < 1.29 is 19.0 Å². The average molecular weight is 829 g/mol. The molecule has 0 spiro atoms. The predicted octanol–water partition coefficient (Wildman–Crippen LogP) is 3.17. The molecule has 4 atom stereocenters. The smallest absolute Gasteiger partial charge is 0.410 e. The second-order valence-electron chi connectivity index (χ2n) is 18.1. The molecule has 0 radical (unpaired) electrons. The monoisotopic (exact) mass is 829 g/mol. The third-order valence-electron chi connectivity index (χ3n) is 12.5. The molecular formula is C42H64N14O4. The maximum absolute atomic E-state index is 12.8. The summed E-state index contributed by atoms with van der Waals surface area (Å²) in [6.45, 7) is 30.5. The Morgan fingerprint density at radius 3 is 1.98 bits per heavy atom. The number of likely N-dealkylation sites (tertiary alicyclic amines) is 2. The van der Waals surface area contributed by atoms with Gasteiger partial charge in [0.2, 0.25) is 13.1 Å². The Labute approximate surface area is 355 Å². The van der Waals surface area contributed by atoms with Crippen molar-refractivity contribution in [3.8, 4) is 12.0 Å². The van der Waals surface area contributed by atoms with Crippen LogP contribution in [0.15, 0.2) is 0 Å². The Hall–Kier alpha value is -4.59. The Morgan fingerprint density at radius 1 is 0.750 bits per heavy atom. The number of likely N-dealkylation sites (N-methyl/N-ethyl adjacent to an activating group) is 2. The molecule has 2 aromatic rings. The number of nitrogens with one attached hydrogen (secondary N) is 1. The van der Waals surface area contributed by atoms with E-state index in [1.165, 1.54) is 18.4 Å². The van der Waals surface area contributed by atoms with Gasteiger partial charge in [0, 0.05) is 74.9 Å². The number of hydrazine groups is 1. The van der Waals surface area contributed by atoms with Gasteiger partial charge in [-0.15, -0.1) is 0 Å². The summed E-state index contributed by atoms with van der Waals surface area (Å²) in [5.74, 6) is 8.35. The van der Waals surface area contributed by atoms with Crippen molar-refractivity contribution >= 4 is 17.7 Å². The standard InChI is InChI=1S/C23H36N8O3.C19H28N6O/c1-23(2,3)34-22(32)30-13-18-19(14-30)26-21(33-15-16-7-6-8-28(16)5)27-20(18)29-9-10-31(24)17(12-29)11-25-4;1-20-9-14-5-3-8-25(12-14)18-16-10-21-11-17(16)22-19(23-18)26-13-15-6-4-7-24(15)2/h16-17H,6-15,24H2,1-3,5H3;14-15,21H,3-13H2,2H3. The first-order valence-electron chi connectivity index (χ1n) is 21.7. The van der Waals surface area contributed by atoms with E-state index in [4.69, 9.17) is 43.2 Å². The van der Waals surface area contributed by atoms with Crippen LogP contribution in [-0.2, 0) is 30.9 Å². The molecule has 326 valence electrons. The first kappa shape index (κ1) is 43.5. The van der Waals surface area contributed by atoms with Crippen molar-refractivity contribution in [2.45, 2.75) is 109 Å². The number of ether oxygens (including phenoxy) is 3. The Bertz CT molecular complexity index is 1900. The van der Waals surface area contributed by atoms with Crippen LogP contribution in [0.5, 0.6) is 12.0 Å². The zero-order valence-corrected chi connectivity index (χ0v) is 36.2. The van der Waals surface area contributed by atoms with E-state index >= 15 is 0 Å². The van der Waals surface area contributed by atoms with E-state index in [-0.39, 0.29) is 12.1 Å². The van der Waals surface area contributed by atoms with Gasteiger partial charge in [0.05, 0.1) is 24.5 Å². The number of nitrogens with zero attached hydrogens (tertiary/aromatic N) is 12. The van der Waals surface area contributed by atoms with Crippen molar-refractivity contribution in [2.24, 2.45) is 11.8 Å². The lowest BCUT2D eigenvalue weighted by atomic mass is 9.98. The highest BCUT2D eigenvalue weighted by Crippen LogP contribution is 2.34. The quantitative estimate of drug-likeness (QED) is 0.265. The highest BCUT2D eigenvalue weighted by Gasteiger charge is 2.36. The summed E-state index contributed by atoms with van der Waals surface area (Å²) in [6, 6.07) is 1.57. The lowest BCUT2D eigenvalue weighted by molar-refractivity contribution is 0.0240. The topological polar surface area (TPSA) is 163 Å². The van der Waals surface area contributed by atoms with Gasteiger partial charge in [-0.3, -0.25) is 10.7 Å². The highest BCUT2D eigenvalue weighted by molar-refractivity contribution is 5.70. The molecule has 8 rings (SSSR count). The maximum Gasteiger partial charge on any atom is 0.410 e. The zero-order chi connectivity index (χ0) is 42.4. The summed E-state index contributed by atoms with van der Waals surface area (Å²) in [6.07, 6.45) is 6.57. The SMILES string of the molecule is [C-]#[N+]CC1CCCN(c2nc(OCC3CCCN3C)nc3c2CNC3)C1.[C-]#[N+]CC1CN(c2nc(OCC3CCCN3C)nc3c2CN(C(=O)OC(C)(C)C)C3)CCN1N. The molecule has 0 saturated carbocycles. The van der Waals surface area contributed by atoms with Gasteiger partial charge >= 0.3 is 18.1 Å². The third kappa shape index (κ3) is 10.6. The molecule has 4 unspecified atom stereocenters. The first-order chi connectivity index (χ1) is 28.9. The van der Waals surface area contributed by atoms with Crippen molar-refractivity contribution in [1.29, 1.82) is 0 Å². The van der Waals surface area contributed by atoms with E-state index in [9.17, 15) is 4.79 Å². The number of fused-ring (bicyclic) bond motifs is 2. The highest BCUT2D eigenvalue weighted by atomic mass is 16.6. The number of anilines is 2. The number of nitrogens with two attached hydrogens (primary N) is 1. The first-order valence-corrected chi connectivity index (χ1v) is 21.7. The fourth-order valence-corrected chi connectivity index (χ4v) is 9.04. The molecule has 6 aliphatic rings. The van der Waals surface area contributed by atoms with Crippen molar-refractivity contribution in [3.63, 3.8) is 0 Å². The van der Waals surface area contributed by atoms with Gasteiger partial charge in [0.1, 0.15) is 36.5 Å². The normalized spacial score (nSPS) is 24.6. The van der Waals surface area contributed by atoms with Crippen molar-refractivity contribution in [1.82, 2.24) is 45.0 Å². The average Bonchev–Trinajstić information content (AvgIpc) is 4.04. The van der Waals surface area contributed by atoms with Gasteiger partial charge in [0.15, 0.2) is 0 Å². The molecule has 18 heteroatoms. The van der Waals surface area contributed by atoms with Gasteiger partial charge in [0.25, 0.3) is 0 Å². The third-order valence-corrected chi connectivity index (χ3v) is 12.5. The lowest BCUT2D eigenvalue weighted by Crippen LogP contribution is -2.57. The summed E-state index contributed by atoms with van der Waals surface area (Å²) in [4.78, 5) is 49.7. The summed E-state index contributed by atoms with van der Waals surface area (Å²) in [7, 11) is 4.27. The molecule has 4 saturated heterocycles. The van der Waals surface area contributed by atoms with Crippen LogP contribution in [0, 0.1) is 19.1 Å². The van der Waals surface area contributed by atoms with E-state index in [1.807, 2.05) is 20.8 Å². The number of carbonyl (C=O) groups excluding carboxylic acids is 1. The molecule has 2 aromatic heterocycles. The number of piperidine rings is 1. The Morgan fingerprint density at radius 2 is 1.37 bits per heavy atom. The number of hydrogen-bond acceptors (Lipinski definition) is 15. The van der Waals surface area contributed by atoms with Crippen LogP contribution in [0.4, 0.5) is 16.4 Å². The van der Waals surface area contributed by atoms with Gasteiger partial charge in [-0.05, 0) is 86.5 Å². The van der Waals surface area contributed by atoms with Crippen LogP contribution in [0.25, 0.3) is 9.69 Å². The van der Waals surface area contributed by atoms with Crippen LogP contribution < -0.4 is 30.4 Å². The zero-order valence-electron chi connectivity index (χ0n) is 36.2. The van der Waals surface area contributed by atoms with Crippen LogP contribution in [0.3, 0.4) is 0 Å². The maximum atomic E-state index is 12.8. The largest absolute Gasteiger partial charge is 0.462 e. The minimum atomic E-state index is -0.577. The van der Waals surface area contributed by atoms with Gasteiger partial charge in [-0.2, -0.15) is 19.9 Å². The minimum absolute atomic E-state index is 0.0864. The predicted molar refractivity (Wildman–Crippen MR) is 227 cm³/mol. The summed E-state index contributed by atoms with van der Waals surface area (Å²) >= 11 is 0. The van der Waals surface area contributed by atoms with E-state index < -0.39 is 5.60 Å². The van der Waals surface area contributed by atoms with E-state index in [0.717, 1.165) is 93.5 Å². The number of carbonyl (C=O) groups is 1. The molecule has 6 aliphatic heterocycles. The van der Waals surface area contributed by atoms with E-state index in [0.29, 0.717) is 89.0 Å². The van der Waals surface area contributed by atoms with Crippen LogP contribution in [-0.4, -0.2) is 156 Å². The van der Waals surface area contributed by atoms with Gasteiger partial charge < -0.3 is 48.8 Å². The van der Waals surface area contributed by atoms with Gasteiger partial charge in [-0.25, -0.2) is 22.9 Å². The molecule has 1 amide bonds. The number of hydrogen-bond donors (Lipinski definition) is 2. The second-order valence-corrected chi connectivity index (χ2v) is 18.1. The molecule has 0 aromatic carbocycles. The van der Waals surface area contributed by atoms with E-state index in [1.54, 1.807) is 9.91 Å². The van der Waals surface area contributed by atoms with Crippen LogP contribution in [0.1, 0.15) is 81.8 Å². The number of amides is 1. The summed E-state index contributed by atoms with van der Waals surface area (Å²) in [5, 5.41) is 5.13. The Kier molecular flexibility index (Phi) is 14.1. The van der Waals surface area contributed by atoms with Crippen LogP contribution >= 0.6 is 0 Å². The van der Waals surface area contributed by atoms with Crippen LogP contribution in [0.2, 0.25) is 0 Å². The minimum Gasteiger partial charge on any atom is -0.462 e. The number of piperazine rings is 1. The van der Waals surface area contributed by atoms with Crippen molar-refractivity contribution in [3.05, 3.63) is 45.3 Å². The van der Waals surface area contributed by atoms with Crippen molar-refractivity contribution in [2.75, 3.05) is 96.0 Å². The fourth-order valence-electron chi connectivity index (χ4n) is 9.04. The lowest BCUT2D eigenvalue weighted by Gasteiger charge is -2.37. The molecule has 8 heterocycles. The Balaban J connectivity index is 0.000000188. The molecule has 0 aliphatic carbocycles. The summed E-state index contributed by atoms with van der Waals surface area (Å²) in [5.41, 5.74) is 3.38.